The molecule has 0 amide bonds. The van der Waals surface area contributed by atoms with Crippen molar-refractivity contribution in [3.8, 4) is 0 Å². The number of anilines is 1. The molecule has 5 heteroatoms. The zero-order valence-corrected chi connectivity index (χ0v) is 13.5. The van der Waals surface area contributed by atoms with E-state index in [9.17, 15) is 0 Å². The highest BCUT2D eigenvalue weighted by Crippen LogP contribution is 2.26. The molecule has 3 rings (SSSR count). The molecule has 0 aliphatic carbocycles. The first kappa shape index (κ1) is 14.6. The second kappa shape index (κ2) is 6.64. The Bertz CT molecular complexity index is 564. The highest BCUT2D eigenvalue weighted by atomic mass is 79.9. The van der Waals surface area contributed by atoms with Gasteiger partial charge < -0.3 is 15.1 Å². The minimum Gasteiger partial charge on any atom is -0.453 e. The lowest BCUT2D eigenvalue weighted by molar-refractivity contribution is 0.168. The first-order chi connectivity index (χ1) is 10.3. The summed E-state index contributed by atoms with van der Waals surface area (Å²) in [6.45, 7) is 4.60. The number of rotatable bonds is 4. The largest absolute Gasteiger partial charge is 0.453 e. The molecule has 4 nitrogen and oxygen atoms in total. The van der Waals surface area contributed by atoms with Gasteiger partial charge in [-0.15, -0.1) is 0 Å². The standard InChI is InChI=1S/C16H20BrN3O/c17-16-7-6-15(21-16)14(12-18)20-10-8-19(9-11-20)13-4-2-1-3-5-13/h1-7,14H,8-12,18H2. The zero-order valence-electron chi connectivity index (χ0n) is 11.9. The van der Waals surface area contributed by atoms with E-state index in [1.54, 1.807) is 0 Å². The highest BCUT2D eigenvalue weighted by Gasteiger charge is 2.26. The second-order valence-corrected chi connectivity index (χ2v) is 6.03. The van der Waals surface area contributed by atoms with Crippen LogP contribution in [0.2, 0.25) is 0 Å². The van der Waals surface area contributed by atoms with E-state index in [1.165, 1.54) is 5.69 Å². The highest BCUT2D eigenvalue weighted by molar-refractivity contribution is 9.10. The van der Waals surface area contributed by atoms with Gasteiger partial charge in [-0.2, -0.15) is 0 Å². The van der Waals surface area contributed by atoms with Gasteiger partial charge in [0, 0.05) is 38.4 Å². The lowest BCUT2D eigenvalue weighted by Crippen LogP contribution is -2.49. The van der Waals surface area contributed by atoms with Crippen molar-refractivity contribution in [1.29, 1.82) is 0 Å². The molecule has 1 unspecified atom stereocenters. The van der Waals surface area contributed by atoms with Crippen LogP contribution in [0, 0.1) is 0 Å². The van der Waals surface area contributed by atoms with Crippen LogP contribution in [0.4, 0.5) is 5.69 Å². The molecule has 0 radical (unpaired) electrons. The Morgan fingerprint density at radius 3 is 2.33 bits per heavy atom. The summed E-state index contributed by atoms with van der Waals surface area (Å²) in [5.41, 5.74) is 7.25. The maximum Gasteiger partial charge on any atom is 0.169 e. The van der Waals surface area contributed by atoms with Gasteiger partial charge in [-0.3, -0.25) is 4.90 Å². The SMILES string of the molecule is NCC(c1ccc(Br)o1)N1CCN(c2ccccc2)CC1. The number of para-hydroxylation sites is 1. The van der Waals surface area contributed by atoms with Crippen LogP contribution in [-0.4, -0.2) is 37.6 Å². The average Bonchev–Trinajstić information content (AvgIpc) is 2.96. The van der Waals surface area contributed by atoms with E-state index in [0.29, 0.717) is 6.54 Å². The van der Waals surface area contributed by atoms with Gasteiger partial charge in [0.2, 0.25) is 0 Å². The number of benzene rings is 1. The van der Waals surface area contributed by atoms with Crippen LogP contribution in [-0.2, 0) is 0 Å². The van der Waals surface area contributed by atoms with Crippen molar-refractivity contribution in [2.24, 2.45) is 5.73 Å². The Morgan fingerprint density at radius 2 is 1.76 bits per heavy atom. The number of nitrogens with zero attached hydrogens (tertiary/aromatic N) is 2. The molecule has 0 bridgehead atoms. The number of furan rings is 1. The van der Waals surface area contributed by atoms with Gasteiger partial charge in [0.05, 0.1) is 6.04 Å². The predicted molar refractivity (Wildman–Crippen MR) is 88.4 cm³/mol. The van der Waals surface area contributed by atoms with Gasteiger partial charge >= 0.3 is 0 Å². The van der Waals surface area contributed by atoms with Crippen molar-refractivity contribution in [3.05, 3.63) is 52.9 Å². The van der Waals surface area contributed by atoms with Crippen LogP contribution in [0.1, 0.15) is 11.8 Å². The molecule has 0 spiro atoms. The molecule has 2 heterocycles. The number of hydrogen-bond donors (Lipinski definition) is 1. The average molecular weight is 350 g/mol. The van der Waals surface area contributed by atoms with E-state index < -0.39 is 0 Å². The van der Waals surface area contributed by atoms with Crippen LogP contribution in [0.25, 0.3) is 0 Å². The molecule has 112 valence electrons. The van der Waals surface area contributed by atoms with E-state index in [-0.39, 0.29) is 6.04 Å². The lowest BCUT2D eigenvalue weighted by Gasteiger charge is -2.39. The van der Waals surface area contributed by atoms with Gasteiger partial charge in [0.25, 0.3) is 0 Å². The maximum atomic E-state index is 5.96. The summed E-state index contributed by atoms with van der Waals surface area (Å²) >= 11 is 3.36. The van der Waals surface area contributed by atoms with E-state index >= 15 is 0 Å². The van der Waals surface area contributed by atoms with Gasteiger partial charge in [-0.05, 0) is 40.2 Å². The van der Waals surface area contributed by atoms with Crippen LogP contribution in [0.5, 0.6) is 0 Å². The topological polar surface area (TPSA) is 45.6 Å². The van der Waals surface area contributed by atoms with Gasteiger partial charge in [0.1, 0.15) is 5.76 Å². The van der Waals surface area contributed by atoms with E-state index in [0.717, 1.165) is 36.6 Å². The quantitative estimate of drug-likeness (QED) is 0.921. The molecule has 1 fully saturated rings. The van der Waals surface area contributed by atoms with Crippen molar-refractivity contribution in [2.75, 3.05) is 37.6 Å². The minimum absolute atomic E-state index is 0.161. The Labute approximate surface area is 133 Å². The predicted octanol–water partition coefficient (Wildman–Crippen LogP) is 2.86. The summed E-state index contributed by atoms with van der Waals surface area (Å²) in [4.78, 5) is 4.83. The monoisotopic (exact) mass is 349 g/mol. The second-order valence-electron chi connectivity index (χ2n) is 5.25. The minimum atomic E-state index is 0.161. The molecule has 2 N–H and O–H groups in total. The van der Waals surface area contributed by atoms with Crippen LogP contribution < -0.4 is 10.6 Å². The van der Waals surface area contributed by atoms with Crippen LogP contribution in [0.3, 0.4) is 0 Å². The molecule has 1 aliphatic rings. The molecular weight excluding hydrogens is 330 g/mol. The van der Waals surface area contributed by atoms with Crippen molar-refractivity contribution < 1.29 is 4.42 Å². The summed E-state index contributed by atoms with van der Waals surface area (Å²) in [7, 11) is 0. The smallest absolute Gasteiger partial charge is 0.169 e. The summed E-state index contributed by atoms with van der Waals surface area (Å²) in [6.07, 6.45) is 0. The van der Waals surface area contributed by atoms with Crippen molar-refractivity contribution in [1.82, 2.24) is 4.90 Å². The zero-order chi connectivity index (χ0) is 14.7. The number of piperazine rings is 1. The summed E-state index contributed by atoms with van der Waals surface area (Å²) in [5.74, 6) is 0.942. The molecular formula is C16H20BrN3O. The molecule has 2 aromatic rings. The Kier molecular flexibility index (Phi) is 4.63. The Balaban J connectivity index is 1.64. The fourth-order valence-corrected chi connectivity index (χ4v) is 3.20. The first-order valence-corrected chi connectivity index (χ1v) is 8.06. The van der Waals surface area contributed by atoms with E-state index in [2.05, 4.69) is 56.1 Å². The summed E-state index contributed by atoms with van der Waals surface area (Å²) in [5, 5.41) is 0. The third-order valence-electron chi connectivity index (χ3n) is 4.02. The molecule has 1 aromatic carbocycles. The normalized spacial score (nSPS) is 17.9. The van der Waals surface area contributed by atoms with E-state index in [4.69, 9.17) is 10.2 Å². The Morgan fingerprint density at radius 1 is 1.05 bits per heavy atom. The van der Waals surface area contributed by atoms with Crippen molar-refractivity contribution >= 4 is 21.6 Å². The van der Waals surface area contributed by atoms with Gasteiger partial charge in [-0.1, -0.05) is 18.2 Å². The van der Waals surface area contributed by atoms with Gasteiger partial charge in [0.15, 0.2) is 4.67 Å². The molecule has 0 saturated carbocycles. The molecule has 1 aliphatic heterocycles. The summed E-state index contributed by atoms with van der Waals surface area (Å²) < 4.78 is 6.45. The van der Waals surface area contributed by atoms with Crippen LogP contribution >= 0.6 is 15.9 Å². The van der Waals surface area contributed by atoms with Crippen LogP contribution in [0.15, 0.2) is 51.6 Å². The molecule has 1 aromatic heterocycles. The van der Waals surface area contributed by atoms with Gasteiger partial charge in [-0.25, -0.2) is 0 Å². The molecule has 1 saturated heterocycles. The third-order valence-corrected chi connectivity index (χ3v) is 4.45. The third kappa shape index (κ3) is 3.31. The fourth-order valence-electron chi connectivity index (χ4n) is 2.88. The van der Waals surface area contributed by atoms with Crippen molar-refractivity contribution in [3.63, 3.8) is 0 Å². The fraction of sp³-hybridized carbons (Fsp3) is 0.375. The maximum absolute atomic E-state index is 5.96. The van der Waals surface area contributed by atoms with Crippen molar-refractivity contribution in [2.45, 2.75) is 6.04 Å². The summed E-state index contributed by atoms with van der Waals surface area (Å²) in [6, 6.07) is 14.7. The number of hydrogen-bond acceptors (Lipinski definition) is 4. The van der Waals surface area contributed by atoms with E-state index in [1.807, 2.05) is 12.1 Å². The molecule has 21 heavy (non-hydrogen) atoms. The first-order valence-electron chi connectivity index (χ1n) is 7.27. The Hall–Kier alpha value is -1.30. The lowest BCUT2D eigenvalue weighted by atomic mass is 10.1. The number of nitrogens with two attached hydrogens (primary N) is 1. The number of halogens is 1. The molecule has 1 atom stereocenters.